The highest BCUT2D eigenvalue weighted by Crippen LogP contribution is 2.28. The lowest BCUT2D eigenvalue weighted by atomic mass is 10.1. The maximum atomic E-state index is 13.5. The number of nitrogen functional groups attached to an aromatic ring is 1. The van der Waals surface area contributed by atoms with Crippen molar-refractivity contribution in [1.82, 2.24) is 9.78 Å². The molecule has 0 atom stereocenters. The Hall–Kier alpha value is -1.36. The van der Waals surface area contributed by atoms with Crippen LogP contribution in [0.5, 0.6) is 0 Å². The van der Waals surface area contributed by atoms with Crippen LogP contribution < -0.4 is 5.73 Å². The maximum absolute atomic E-state index is 13.5. The molecule has 0 fully saturated rings. The van der Waals surface area contributed by atoms with Gasteiger partial charge in [-0.05, 0) is 18.2 Å². The van der Waals surface area contributed by atoms with E-state index in [-0.39, 0.29) is 5.82 Å². The topological polar surface area (TPSA) is 43.8 Å². The first-order valence-corrected chi connectivity index (χ1v) is 5.12. The molecule has 0 saturated carbocycles. The van der Waals surface area contributed by atoms with E-state index in [1.165, 1.54) is 6.07 Å². The van der Waals surface area contributed by atoms with Crippen LogP contribution in [0, 0.1) is 5.82 Å². The normalized spacial score (nSPS) is 10.6. The number of anilines is 1. The Bertz CT molecular complexity index is 507. The van der Waals surface area contributed by atoms with Gasteiger partial charge in [-0.2, -0.15) is 5.10 Å². The SMILES string of the molecule is Cn1cc(N)c(-c2cc(Br)ccc2F)n1. The van der Waals surface area contributed by atoms with E-state index in [9.17, 15) is 4.39 Å². The number of nitrogens with zero attached hydrogens (tertiary/aromatic N) is 2. The monoisotopic (exact) mass is 269 g/mol. The average molecular weight is 270 g/mol. The first-order chi connectivity index (χ1) is 7.08. The average Bonchev–Trinajstić information content (AvgIpc) is 2.50. The lowest BCUT2D eigenvalue weighted by Gasteiger charge is -2.01. The molecule has 0 saturated heterocycles. The van der Waals surface area contributed by atoms with Crippen LogP contribution in [0.3, 0.4) is 0 Å². The fraction of sp³-hybridized carbons (Fsp3) is 0.100. The summed E-state index contributed by atoms with van der Waals surface area (Å²) in [7, 11) is 1.75. The maximum Gasteiger partial charge on any atom is 0.132 e. The Labute approximate surface area is 94.8 Å². The second kappa shape index (κ2) is 3.66. The lowest BCUT2D eigenvalue weighted by Crippen LogP contribution is -1.91. The minimum Gasteiger partial charge on any atom is -0.396 e. The molecule has 0 unspecified atom stereocenters. The van der Waals surface area contributed by atoms with Crippen LogP contribution >= 0.6 is 15.9 Å². The van der Waals surface area contributed by atoms with Gasteiger partial charge in [0, 0.05) is 23.3 Å². The van der Waals surface area contributed by atoms with E-state index in [2.05, 4.69) is 21.0 Å². The summed E-state index contributed by atoms with van der Waals surface area (Å²) in [4.78, 5) is 0. The van der Waals surface area contributed by atoms with Crippen molar-refractivity contribution in [3.63, 3.8) is 0 Å². The Morgan fingerprint density at radius 1 is 1.47 bits per heavy atom. The first kappa shape index (κ1) is 10.2. The Morgan fingerprint density at radius 3 is 2.80 bits per heavy atom. The van der Waals surface area contributed by atoms with Crippen molar-refractivity contribution in [3.05, 3.63) is 34.7 Å². The molecule has 0 aliphatic heterocycles. The summed E-state index contributed by atoms with van der Waals surface area (Å²) in [6.07, 6.45) is 1.65. The molecule has 2 aromatic rings. The Kier molecular flexibility index (Phi) is 2.48. The van der Waals surface area contributed by atoms with Crippen molar-refractivity contribution >= 4 is 21.6 Å². The molecule has 0 radical (unpaired) electrons. The smallest absolute Gasteiger partial charge is 0.132 e. The molecule has 0 amide bonds. The number of rotatable bonds is 1. The Balaban J connectivity index is 2.62. The quantitative estimate of drug-likeness (QED) is 0.865. The molecule has 78 valence electrons. The molecule has 1 heterocycles. The number of nitrogens with two attached hydrogens (primary N) is 1. The van der Waals surface area contributed by atoms with Gasteiger partial charge < -0.3 is 5.73 Å². The molecular weight excluding hydrogens is 261 g/mol. The van der Waals surface area contributed by atoms with Crippen molar-refractivity contribution in [3.8, 4) is 11.3 Å². The van der Waals surface area contributed by atoms with E-state index in [1.54, 1.807) is 30.1 Å². The summed E-state index contributed by atoms with van der Waals surface area (Å²) in [5, 5.41) is 4.11. The van der Waals surface area contributed by atoms with E-state index in [0.29, 0.717) is 16.9 Å². The third-order valence-corrected chi connectivity index (χ3v) is 2.53. The second-order valence-electron chi connectivity index (χ2n) is 3.23. The number of hydrogen-bond donors (Lipinski definition) is 1. The van der Waals surface area contributed by atoms with E-state index in [0.717, 1.165) is 4.47 Å². The van der Waals surface area contributed by atoms with Gasteiger partial charge in [-0.15, -0.1) is 0 Å². The highest BCUT2D eigenvalue weighted by atomic mass is 79.9. The van der Waals surface area contributed by atoms with Crippen LogP contribution in [0.4, 0.5) is 10.1 Å². The van der Waals surface area contributed by atoms with E-state index < -0.39 is 0 Å². The van der Waals surface area contributed by atoms with Gasteiger partial charge in [0.15, 0.2) is 0 Å². The summed E-state index contributed by atoms with van der Waals surface area (Å²) < 4.78 is 15.9. The van der Waals surface area contributed by atoms with Gasteiger partial charge in [0.05, 0.1) is 5.69 Å². The zero-order valence-corrected chi connectivity index (χ0v) is 9.62. The highest BCUT2D eigenvalue weighted by molar-refractivity contribution is 9.10. The molecule has 15 heavy (non-hydrogen) atoms. The van der Waals surface area contributed by atoms with Gasteiger partial charge in [0.25, 0.3) is 0 Å². The van der Waals surface area contributed by atoms with Crippen molar-refractivity contribution in [2.24, 2.45) is 7.05 Å². The zero-order valence-electron chi connectivity index (χ0n) is 8.04. The fourth-order valence-electron chi connectivity index (χ4n) is 1.40. The molecule has 1 aromatic carbocycles. The summed E-state index contributed by atoms with van der Waals surface area (Å²) in [5.74, 6) is -0.330. The number of aryl methyl sites for hydroxylation is 1. The van der Waals surface area contributed by atoms with Gasteiger partial charge in [-0.3, -0.25) is 4.68 Å². The molecule has 3 nitrogen and oxygen atoms in total. The van der Waals surface area contributed by atoms with Gasteiger partial charge in [0.1, 0.15) is 11.5 Å². The molecule has 0 aliphatic carbocycles. The van der Waals surface area contributed by atoms with Crippen LogP contribution in [-0.2, 0) is 7.05 Å². The zero-order chi connectivity index (χ0) is 11.0. The summed E-state index contributed by atoms with van der Waals surface area (Å²) in [5.41, 5.74) is 7.07. The third kappa shape index (κ3) is 1.87. The molecule has 2 N–H and O–H groups in total. The molecule has 0 spiro atoms. The molecule has 0 aliphatic rings. The fourth-order valence-corrected chi connectivity index (χ4v) is 1.76. The second-order valence-corrected chi connectivity index (χ2v) is 4.15. The van der Waals surface area contributed by atoms with Crippen LogP contribution in [0.25, 0.3) is 11.3 Å². The minimum atomic E-state index is -0.330. The van der Waals surface area contributed by atoms with E-state index >= 15 is 0 Å². The number of benzene rings is 1. The van der Waals surface area contributed by atoms with Gasteiger partial charge >= 0.3 is 0 Å². The molecule has 1 aromatic heterocycles. The molecule has 5 heteroatoms. The predicted octanol–water partition coefficient (Wildman–Crippen LogP) is 2.57. The number of hydrogen-bond acceptors (Lipinski definition) is 2. The Morgan fingerprint density at radius 2 is 2.20 bits per heavy atom. The summed E-state index contributed by atoms with van der Waals surface area (Å²) in [6, 6.07) is 4.68. The van der Waals surface area contributed by atoms with Gasteiger partial charge in [0.2, 0.25) is 0 Å². The summed E-state index contributed by atoms with van der Waals surface area (Å²) >= 11 is 3.28. The van der Waals surface area contributed by atoms with Crippen molar-refractivity contribution in [1.29, 1.82) is 0 Å². The van der Waals surface area contributed by atoms with Crippen molar-refractivity contribution in [2.45, 2.75) is 0 Å². The molecule has 2 rings (SSSR count). The van der Waals surface area contributed by atoms with Gasteiger partial charge in [-0.25, -0.2) is 4.39 Å². The van der Waals surface area contributed by atoms with Gasteiger partial charge in [-0.1, -0.05) is 15.9 Å². The molecule has 0 bridgehead atoms. The van der Waals surface area contributed by atoms with E-state index in [1.807, 2.05) is 0 Å². The lowest BCUT2D eigenvalue weighted by molar-refractivity contribution is 0.629. The first-order valence-electron chi connectivity index (χ1n) is 4.32. The standard InChI is InChI=1S/C10H9BrFN3/c1-15-5-9(13)10(14-15)7-4-6(11)2-3-8(7)12/h2-5H,13H2,1H3. The largest absolute Gasteiger partial charge is 0.396 e. The predicted molar refractivity (Wildman–Crippen MR) is 60.7 cm³/mol. The highest BCUT2D eigenvalue weighted by Gasteiger charge is 2.12. The van der Waals surface area contributed by atoms with E-state index in [4.69, 9.17) is 5.73 Å². The number of aromatic nitrogens is 2. The van der Waals surface area contributed by atoms with Crippen molar-refractivity contribution < 1.29 is 4.39 Å². The summed E-state index contributed by atoms with van der Waals surface area (Å²) in [6.45, 7) is 0. The third-order valence-electron chi connectivity index (χ3n) is 2.04. The van der Waals surface area contributed by atoms with Crippen molar-refractivity contribution in [2.75, 3.05) is 5.73 Å². The van der Waals surface area contributed by atoms with Crippen LogP contribution in [0.2, 0.25) is 0 Å². The molecular formula is C10H9BrFN3. The van der Waals surface area contributed by atoms with Crippen LogP contribution in [-0.4, -0.2) is 9.78 Å². The number of halogens is 2. The van der Waals surface area contributed by atoms with Crippen LogP contribution in [0.15, 0.2) is 28.9 Å². The van der Waals surface area contributed by atoms with Crippen LogP contribution in [0.1, 0.15) is 0 Å². The minimum absolute atomic E-state index is 0.330.